The van der Waals surface area contributed by atoms with Gasteiger partial charge < -0.3 is 5.73 Å². The SMILES string of the molecule is Nc1c(NNC(=O)c2ccccc2Cl)ncnc1NN(c1ccccc1)c1ccccc1. The molecule has 0 unspecified atom stereocenters. The van der Waals surface area contributed by atoms with Gasteiger partial charge in [0, 0.05) is 0 Å². The molecule has 0 saturated heterocycles. The van der Waals surface area contributed by atoms with E-state index in [0.717, 1.165) is 11.4 Å². The smallest absolute Gasteiger partial charge is 0.271 e. The number of nitrogens with zero attached hydrogens (tertiary/aromatic N) is 3. The van der Waals surface area contributed by atoms with Crippen molar-refractivity contribution < 1.29 is 4.79 Å². The summed E-state index contributed by atoms with van der Waals surface area (Å²) >= 11 is 6.08. The molecule has 5 N–H and O–H groups in total. The van der Waals surface area contributed by atoms with Crippen LogP contribution >= 0.6 is 11.6 Å². The van der Waals surface area contributed by atoms with Crippen molar-refractivity contribution in [2.45, 2.75) is 0 Å². The van der Waals surface area contributed by atoms with E-state index in [0.29, 0.717) is 16.4 Å². The van der Waals surface area contributed by atoms with Gasteiger partial charge in [-0.25, -0.2) is 9.97 Å². The molecule has 0 aliphatic rings. The van der Waals surface area contributed by atoms with Crippen molar-refractivity contribution in [2.24, 2.45) is 0 Å². The highest BCUT2D eigenvalue weighted by molar-refractivity contribution is 6.33. The Hall–Kier alpha value is -4.30. The lowest BCUT2D eigenvalue weighted by molar-refractivity contribution is 0.0962. The van der Waals surface area contributed by atoms with E-state index >= 15 is 0 Å². The van der Waals surface area contributed by atoms with Gasteiger partial charge in [-0.05, 0) is 36.4 Å². The van der Waals surface area contributed by atoms with Crippen LogP contribution in [0.4, 0.5) is 28.7 Å². The van der Waals surface area contributed by atoms with E-state index in [4.69, 9.17) is 17.3 Å². The average molecular weight is 446 g/mol. The van der Waals surface area contributed by atoms with Crippen LogP contribution in [0, 0.1) is 0 Å². The quantitative estimate of drug-likeness (QED) is 0.307. The third-order valence-electron chi connectivity index (χ3n) is 4.54. The maximum Gasteiger partial charge on any atom is 0.271 e. The van der Waals surface area contributed by atoms with Crippen LogP contribution in [0.1, 0.15) is 10.4 Å². The number of benzene rings is 3. The largest absolute Gasteiger partial charge is 0.393 e. The highest BCUT2D eigenvalue weighted by Crippen LogP contribution is 2.29. The minimum absolute atomic E-state index is 0.226. The van der Waals surface area contributed by atoms with E-state index in [1.165, 1.54) is 6.33 Å². The fraction of sp³-hybridized carbons (Fsp3) is 0. The number of nitrogens with two attached hydrogens (primary N) is 1. The predicted molar refractivity (Wildman–Crippen MR) is 128 cm³/mol. The summed E-state index contributed by atoms with van der Waals surface area (Å²) in [7, 11) is 0. The lowest BCUT2D eigenvalue weighted by atomic mass is 10.2. The van der Waals surface area contributed by atoms with Crippen LogP contribution in [0.2, 0.25) is 5.02 Å². The number of carbonyl (C=O) groups is 1. The first-order valence-electron chi connectivity index (χ1n) is 9.71. The van der Waals surface area contributed by atoms with Crippen molar-refractivity contribution in [3.05, 3.63) is 102 Å². The Morgan fingerprint density at radius 1 is 0.812 bits per heavy atom. The molecular weight excluding hydrogens is 426 g/mol. The van der Waals surface area contributed by atoms with Gasteiger partial charge in [0.25, 0.3) is 5.91 Å². The fourth-order valence-corrected chi connectivity index (χ4v) is 3.17. The first kappa shape index (κ1) is 21.0. The van der Waals surface area contributed by atoms with Gasteiger partial charge in [-0.2, -0.15) is 0 Å². The molecule has 3 aromatic carbocycles. The van der Waals surface area contributed by atoms with Crippen LogP contribution in [-0.4, -0.2) is 15.9 Å². The monoisotopic (exact) mass is 445 g/mol. The normalized spacial score (nSPS) is 10.3. The van der Waals surface area contributed by atoms with Crippen molar-refractivity contribution in [3.8, 4) is 0 Å². The molecule has 0 atom stereocenters. The molecule has 0 spiro atoms. The van der Waals surface area contributed by atoms with Crippen LogP contribution in [0.25, 0.3) is 0 Å². The molecular formula is C23H20ClN7O. The summed E-state index contributed by atoms with van der Waals surface area (Å²) in [6.07, 6.45) is 1.34. The Morgan fingerprint density at radius 3 is 2.00 bits per heavy atom. The van der Waals surface area contributed by atoms with Gasteiger partial charge in [-0.3, -0.25) is 26.1 Å². The van der Waals surface area contributed by atoms with Crippen molar-refractivity contribution in [2.75, 3.05) is 21.6 Å². The zero-order chi connectivity index (χ0) is 22.3. The Kier molecular flexibility index (Phi) is 6.33. The first-order valence-corrected chi connectivity index (χ1v) is 10.1. The maximum atomic E-state index is 12.4. The van der Waals surface area contributed by atoms with Gasteiger partial charge in [0.2, 0.25) is 0 Å². The summed E-state index contributed by atoms with van der Waals surface area (Å²) < 4.78 is 0. The molecule has 4 rings (SSSR count). The van der Waals surface area contributed by atoms with Crippen LogP contribution in [0.5, 0.6) is 0 Å². The molecule has 0 radical (unpaired) electrons. The second kappa shape index (κ2) is 9.67. The number of rotatable bonds is 7. The van der Waals surface area contributed by atoms with Crippen molar-refractivity contribution >= 4 is 46.2 Å². The minimum Gasteiger partial charge on any atom is -0.393 e. The number of aromatic nitrogens is 2. The van der Waals surface area contributed by atoms with Crippen LogP contribution < -0.4 is 27.0 Å². The third kappa shape index (κ3) is 4.71. The molecule has 32 heavy (non-hydrogen) atoms. The Balaban J connectivity index is 1.56. The molecule has 4 aromatic rings. The number of para-hydroxylation sites is 2. The Morgan fingerprint density at radius 2 is 1.38 bits per heavy atom. The van der Waals surface area contributed by atoms with Crippen LogP contribution in [0.3, 0.4) is 0 Å². The zero-order valence-corrected chi connectivity index (χ0v) is 17.6. The van der Waals surface area contributed by atoms with Crippen LogP contribution in [-0.2, 0) is 0 Å². The number of hydrazine groups is 2. The first-order chi connectivity index (χ1) is 15.6. The third-order valence-corrected chi connectivity index (χ3v) is 4.87. The number of nitrogens with one attached hydrogen (secondary N) is 3. The summed E-state index contributed by atoms with van der Waals surface area (Å²) in [6, 6.07) is 26.2. The molecule has 1 aromatic heterocycles. The van der Waals surface area contributed by atoms with Crippen molar-refractivity contribution in [1.82, 2.24) is 15.4 Å². The summed E-state index contributed by atoms with van der Waals surface area (Å²) in [6.45, 7) is 0. The molecule has 0 bridgehead atoms. The fourth-order valence-electron chi connectivity index (χ4n) is 2.95. The minimum atomic E-state index is -0.418. The standard InChI is InChI=1S/C23H20ClN7O/c24-19-14-8-7-13-18(19)23(32)29-28-21-20(25)22(27-15-26-21)30-31(16-9-3-1-4-10-16)17-11-5-2-6-12-17/h1-15H,25H2,(H,29,32)(H2,26,27,28,30). The van der Waals surface area contributed by atoms with E-state index < -0.39 is 5.91 Å². The van der Waals surface area contributed by atoms with E-state index in [-0.39, 0.29) is 11.5 Å². The summed E-state index contributed by atoms with van der Waals surface area (Å²) in [4.78, 5) is 20.8. The number of amides is 1. The number of anilines is 5. The van der Waals surface area contributed by atoms with Gasteiger partial charge >= 0.3 is 0 Å². The lowest BCUT2D eigenvalue weighted by Gasteiger charge is -2.26. The molecule has 0 fully saturated rings. The number of halogens is 1. The lowest BCUT2D eigenvalue weighted by Crippen LogP contribution is -2.31. The van der Waals surface area contributed by atoms with Gasteiger partial charge in [-0.1, -0.05) is 60.1 Å². The zero-order valence-electron chi connectivity index (χ0n) is 16.9. The second-order valence-corrected chi connectivity index (χ2v) is 7.07. The summed E-state index contributed by atoms with van der Waals surface area (Å²) in [5.41, 5.74) is 17.1. The van der Waals surface area contributed by atoms with E-state index in [9.17, 15) is 4.79 Å². The molecule has 0 aliphatic heterocycles. The van der Waals surface area contributed by atoms with Gasteiger partial charge in [0.15, 0.2) is 11.6 Å². The number of hydrogen-bond donors (Lipinski definition) is 4. The average Bonchev–Trinajstić information content (AvgIpc) is 2.84. The molecule has 9 heteroatoms. The topological polar surface area (TPSA) is 108 Å². The predicted octanol–water partition coefficient (Wildman–Crippen LogP) is 4.63. The number of nitrogen functional groups attached to an aromatic ring is 1. The van der Waals surface area contributed by atoms with Crippen molar-refractivity contribution in [1.29, 1.82) is 0 Å². The van der Waals surface area contributed by atoms with Crippen molar-refractivity contribution in [3.63, 3.8) is 0 Å². The van der Waals surface area contributed by atoms with E-state index in [1.807, 2.05) is 65.7 Å². The second-order valence-electron chi connectivity index (χ2n) is 6.66. The molecule has 1 amide bonds. The highest BCUT2D eigenvalue weighted by Gasteiger charge is 2.15. The van der Waals surface area contributed by atoms with Crippen LogP contribution in [0.15, 0.2) is 91.3 Å². The Bertz CT molecular complexity index is 1170. The maximum absolute atomic E-state index is 12.4. The molecule has 160 valence electrons. The highest BCUT2D eigenvalue weighted by atomic mass is 35.5. The molecule has 0 saturated carbocycles. The Labute approximate surface area is 190 Å². The number of hydrogen-bond acceptors (Lipinski definition) is 7. The van der Waals surface area contributed by atoms with E-state index in [1.54, 1.807) is 24.3 Å². The molecule has 8 nitrogen and oxygen atoms in total. The molecule has 1 heterocycles. The number of carbonyl (C=O) groups excluding carboxylic acids is 1. The van der Waals surface area contributed by atoms with Gasteiger partial charge in [0.1, 0.15) is 12.0 Å². The summed E-state index contributed by atoms with van der Waals surface area (Å²) in [5, 5.41) is 2.19. The van der Waals surface area contributed by atoms with Gasteiger partial charge in [-0.15, -0.1) is 0 Å². The van der Waals surface area contributed by atoms with E-state index in [2.05, 4.69) is 26.2 Å². The molecule has 0 aliphatic carbocycles. The summed E-state index contributed by atoms with van der Waals surface area (Å²) in [5.74, 6) is 0.185. The van der Waals surface area contributed by atoms with Gasteiger partial charge in [0.05, 0.1) is 22.0 Å².